The molecule has 2 N–H and O–H groups in total. The zero-order chi connectivity index (χ0) is 11.7. The van der Waals surface area contributed by atoms with Crippen LogP contribution in [0.15, 0.2) is 28.7 Å². The fourth-order valence-electron chi connectivity index (χ4n) is 1.58. The molecule has 0 unspecified atom stereocenters. The molecular formula is C12H13FN2O. The molecule has 0 radical (unpaired) electrons. The van der Waals surface area contributed by atoms with Crippen LogP contribution >= 0.6 is 0 Å². The predicted octanol–water partition coefficient (Wildman–Crippen LogP) is 3.19. The first-order chi connectivity index (χ1) is 7.58. The van der Waals surface area contributed by atoms with E-state index in [4.69, 9.17) is 10.2 Å². The summed E-state index contributed by atoms with van der Waals surface area (Å²) in [6.07, 6.45) is 0. The molecule has 0 saturated carbocycles. The van der Waals surface area contributed by atoms with E-state index in [0.29, 0.717) is 11.3 Å². The van der Waals surface area contributed by atoms with Crippen LogP contribution in [0.4, 0.5) is 10.4 Å². The van der Waals surface area contributed by atoms with Gasteiger partial charge >= 0.3 is 0 Å². The molecule has 0 aliphatic carbocycles. The number of nitrogens with two attached hydrogens (primary N) is 1. The maximum atomic E-state index is 13.1. The molecule has 0 amide bonds. The van der Waals surface area contributed by atoms with Crippen LogP contribution in [0.5, 0.6) is 0 Å². The van der Waals surface area contributed by atoms with E-state index in [1.807, 2.05) is 13.8 Å². The monoisotopic (exact) mass is 220 g/mol. The number of nitrogens with zero attached hydrogens (tertiary/aromatic N) is 1. The summed E-state index contributed by atoms with van der Waals surface area (Å²) in [7, 11) is 0. The molecule has 1 aromatic carbocycles. The second-order valence-corrected chi connectivity index (χ2v) is 3.93. The third-order valence-corrected chi connectivity index (χ3v) is 2.30. The minimum Gasteiger partial charge on any atom is -0.423 e. The second kappa shape index (κ2) is 3.96. The van der Waals surface area contributed by atoms with Crippen LogP contribution in [0.3, 0.4) is 0 Å². The van der Waals surface area contributed by atoms with Crippen LogP contribution in [0.25, 0.3) is 11.3 Å². The molecule has 1 aromatic heterocycles. The highest BCUT2D eigenvalue weighted by molar-refractivity contribution is 5.61. The van der Waals surface area contributed by atoms with Crippen LogP contribution in [-0.2, 0) is 0 Å². The Labute approximate surface area is 93.1 Å². The number of nitrogen functional groups attached to an aromatic ring is 1. The summed E-state index contributed by atoms with van der Waals surface area (Å²) in [6.45, 7) is 3.97. The van der Waals surface area contributed by atoms with Crippen molar-refractivity contribution in [3.05, 3.63) is 35.8 Å². The van der Waals surface area contributed by atoms with E-state index in [9.17, 15) is 4.39 Å². The lowest BCUT2D eigenvalue weighted by Crippen LogP contribution is -1.91. The van der Waals surface area contributed by atoms with Crippen LogP contribution in [0, 0.1) is 5.82 Å². The van der Waals surface area contributed by atoms with E-state index in [2.05, 4.69) is 4.98 Å². The van der Waals surface area contributed by atoms with Crippen molar-refractivity contribution in [1.29, 1.82) is 0 Å². The zero-order valence-electron chi connectivity index (χ0n) is 9.20. The third kappa shape index (κ3) is 1.91. The topological polar surface area (TPSA) is 52.0 Å². The summed E-state index contributed by atoms with van der Waals surface area (Å²) < 4.78 is 18.4. The van der Waals surface area contributed by atoms with Gasteiger partial charge in [0.25, 0.3) is 6.01 Å². The van der Waals surface area contributed by atoms with E-state index in [0.717, 1.165) is 5.69 Å². The SMILES string of the molecule is CC(C)c1nc(N)oc1-c1cccc(F)c1. The van der Waals surface area contributed by atoms with E-state index in [1.54, 1.807) is 12.1 Å². The van der Waals surface area contributed by atoms with Crippen molar-refractivity contribution in [2.75, 3.05) is 5.73 Å². The Bertz CT molecular complexity index is 505. The van der Waals surface area contributed by atoms with Gasteiger partial charge in [0.2, 0.25) is 0 Å². The standard InChI is InChI=1S/C12H13FN2O/c1-7(2)10-11(16-12(14)15-10)8-4-3-5-9(13)6-8/h3-7H,1-2H3,(H2,14,15). The lowest BCUT2D eigenvalue weighted by molar-refractivity contribution is 0.589. The van der Waals surface area contributed by atoms with Gasteiger partial charge in [0, 0.05) is 5.56 Å². The zero-order valence-corrected chi connectivity index (χ0v) is 9.20. The molecule has 2 rings (SSSR count). The maximum absolute atomic E-state index is 13.1. The summed E-state index contributed by atoms with van der Waals surface area (Å²) in [4.78, 5) is 4.10. The number of halogens is 1. The van der Waals surface area contributed by atoms with Gasteiger partial charge in [-0.1, -0.05) is 26.0 Å². The minimum atomic E-state index is -0.304. The van der Waals surface area contributed by atoms with E-state index < -0.39 is 0 Å². The molecular weight excluding hydrogens is 207 g/mol. The van der Waals surface area contributed by atoms with Crippen molar-refractivity contribution in [3.63, 3.8) is 0 Å². The second-order valence-electron chi connectivity index (χ2n) is 3.93. The van der Waals surface area contributed by atoms with Crippen molar-refractivity contribution in [3.8, 4) is 11.3 Å². The first-order valence-electron chi connectivity index (χ1n) is 5.10. The highest BCUT2D eigenvalue weighted by atomic mass is 19.1. The molecule has 0 saturated heterocycles. The quantitative estimate of drug-likeness (QED) is 0.845. The molecule has 0 aliphatic heterocycles. The molecule has 0 atom stereocenters. The summed E-state index contributed by atoms with van der Waals surface area (Å²) in [5.41, 5.74) is 6.93. The fourth-order valence-corrected chi connectivity index (χ4v) is 1.58. The normalized spacial score (nSPS) is 11.0. The molecule has 0 fully saturated rings. The summed E-state index contributed by atoms with van der Waals surface area (Å²) in [6, 6.07) is 6.31. The third-order valence-electron chi connectivity index (χ3n) is 2.30. The summed E-state index contributed by atoms with van der Waals surface area (Å²) in [5.74, 6) is 0.425. The Hall–Kier alpha value is -1.84. The number of hydrogen-bond donors (Lipinski definition) is 1. The molecule has 0 bridgehead atoms. The molecule has 0 aliphatic rings. The average molecular weight is 220 g/mol. The average Bonchev–Trinajstić information content (AvgIpc) is 2.60. The van der Waals surface area contributed by atoms with E-state index >= 15 is 0 Å². The molecule has 4 heteroatoms. The van der Waals surface area contributed by atoms with Crippen LogP contribution < -0.4 is 5.73 Å². The molecule has 0 spiro atoms. The number of benzene rings is 1. The number of anilines is 1. The number of rotatable bonds is 2. The van der Waals surface area contributed by atoms with Crippen molar-refractivity contribution < 1.29 is 8.81 Å². The smallest absolute Gasteiger partial charge is 0.292 e. The van der Waals surface area contributed by atoms with Crippen LogP contribution in [-0.4, -0.2) is 4.98 Å². The largest absolute Gasteiger partial charge is 0.423 e. The molecule has 3 nitrogen and oxygen atoms in total. The highest BCUT2D eigenvalue weighted by Gasteiger charge is 2.16. The van der Waals surface area contributed by atoms with Crippen molar-refractivity contribution in [2.45, 2.75) is 19.8 Å². The van der Waals surface area contributed by atoms with Gasteiger partial charge in [0.05, 0.1) is 5.69 Å². The molecule has 1 heterocycles. The Morgan fingerprint density at radius 2 is 2.12 bits per heavy atom. The lowest BCUT2D eigenvalue weighted by Gasteiger charge is -2.03. The maximum Gasteiger partial charge on any atom is 0.292 e. The van der Waals surface area contributed by atoms with Gasteiger partial charge in [-0.3, -0.25) is 0 Å². The van der Waals surface area contributed by atoms with Gasteiger partial charge in [-0.15, -0.1) is 0 Å². The van der Waals surface area contributed by atoms with Gasteiger partial charge in [0.1, 0.15) is 5.82 Å². The predicted molar refractivity (Wildman–Crippen MR) is 60.4 cm³/mol. The van der Waals surface area contributed by atoms with Gasteiger partial charge in [-0.05, 0) is 18.1 Å². The highest BCUT2D eigenvalue weighted by Crippen LogP contribution is 2.30. The fraction of sp³-hybridized carbons (Fsp3) is 0.250. The van der Waals surface area contributed by atoms with Gasteiger partial charge in [-0.2, -0.15) is 4.98 Å². The Morgan fingerprint density at radius 1 is 1.38 bits per heavy atom. The van der Waals surface area contributed by atoms with Crippen molar-refractivity contribution in [2.24, 2.45) is 0 Å². The lowest BCUT2D eigenvalue weighted by atomic mass is 10.0. The van der Waals surface area contributed by atoms with E-state index in [-0.39, 0.29) is 17.7 Å². The Kier molecular flexibility index (Phi) is 2.64. The first-order valence-corrected chi connectivity index (χ1v) is 5.10. The van der Waals surface area contributed by atoms with Crippen LogP contribution in [0.1, 0.15) is 25.5 Å². The summed E-state index contributed by atoms with van der Waals surface area (Å²) >= 11 is 0. The minimum absolute atomic E-state index is 0.114. The van der Waals surface area contributed by atoms with Crippen molar-refractivity contribution >= 4 is 6.01 Å². The van der Waals surface area contributed by atoms with Gasteiger partial charge in [0.15, 0.2) is 5.76 Å². The Morgan fingerprint density at radius 3 is 2.75 bits per heavy atom. The summed E-state index contributed by atoms with van der Waals surface area (Å²) in [5, 5.41) is 0. The van der Waals surface area contributed by atoms with Crippen LogP contribution in [0.2, 0.25) is 0 Å². The molecule has 16 heavy (non-hydrogen) atoms. The number of aromatic nitrogens is 1. The van der Waals surface area contributed by atoms with E-state index in [1.165, 1.54) is 12.1 Å². The first kappa shape index (κ1) is 10.7. The van der Waals surface area contributed by atoms with Gasteiger partial charge < -0.3 is 10.2 Å². The molecule has 84 valence electrons. The number of oxazole rings is 1. The van der Waals surface area contributed by atoms with Gasteiger partial charge in [-0.25, -0.2) is 4.39 Å². The van der Waals surface area contributed by atoms with Crippen molar-refractivity contribution in [1.82, 2.24) is 4.98 Å². The number of hydrogen-bond acceptors (Lipinski definition) is 3. The Balaban J connectivity index is 2.55. The molecule has 2 aromatic rings.